The van der Waals surface area contributed by atoms with Crippen LogP contribution in [0.25, 0.3) is 22.3 Å². The predicted molar refractivity (Wildman–Crippen MR) is 141 cm³/mol. The Bertz CT molecular complexity index is 1310. The van der Waals surface area contributed by atoms with Crippen LogP contribution in [0.5, 0.6) is 5.75 Å². The van der Waals surface area contributed by atoms with Crippen LogP contribution >= 0.6 is 0 Å². The van der Waals surface area contributed by atoms with Crippen molar-refractivity contribution in [3.63, 3.8) is 0 Å². The Hall–Kier alpha value is -4.00. The Morgan fingerprint density at radius 2 is 1.11 bits per heavy atom. The Kier molecular flexibility index (Phi) is 6.44. The zero-order chi connectivity index (χ0) is 24.2. The third-order valence-electron chi connectivity index (χ3n) is 6.27. The second-order valence-electron chi connectivity index (χ2n) is 9.04. The molecule has 0 aromatic heterocycles. The van der Waals surface area contributed by atoms with Gasteiger partial charge in [-0.2, -0.15) is 10.2 Å². The minimum Gasteiger partial charge on any atom is -0.491 e. The topological polar surface area (TPSA) is 67.7 Å². The Morgan fingerprint density at radius 3 is 1.56 bits per heavy atom. The van der Waals surface area contributed by atoms with Gasteiger partial charge < -0.3 is 19.5 Å². The molecule has 2 aliphatic heterocycles. The summed E-state index contributed by atoms with van der Waals surface area (Å²) in [7, 11) is 0. The minimum atomic E-state index is 0.261. The van der Waals surface area contributed by atoms with Crippen molar-refractivity contribution in [2.45, 2.75) is 12.1 Å². The maximum Gasteiger partial charge on any atom is 0.119 e. The molecule has 0 radical (unpaired) electrons. The number of rotatable bonds is 9. The standard InChI is InChI=1S/C30H27N3O3/c1-9-25(31-28-17-34-18-28)10-2-21(1)22-3-11-26(12-4-22)32-33-27-13-5-23(6-14-27)24-7-15-29(16-8-24)35-19-30-20-36-30/h1-16,28,30-31H,17-20H2. The van der Waals surface area contributed by atoms with E-state index in [1.54, 1.807) is 0 Å². The van der Waals surface area contributed by atoms with E-state index in [9.17, 15) is 0 Å². The normalized spacial score (nSPS) is 17.1. The Morgan fingerprint density at radius 1 is 0.639 bits per heavy atom. The second-order valence-corrected chi connectivity index (χ2v) is 9.04. The smallest absolute Gasteiger partial charge is 0.119 e. The van der Waals surface area contributed by atoms with E-state index in [1.807, 2.05) is 36.4 Å². The van der Waals surface area contributed by atoms with E-state index >= 15 is 0 Å². The third kappa shape index (κ3) is 5.62. The molecule has 0 amide bonds. The van der Waals surface area contributed by atoms with Gasteiger partial charge >= 0.3 is 0 Å². The Labute approximate surface area is 210 Å². The molecule has 6 heteroatoms. The van der Waals surface area contributed by atoms with Crippen molar-refractivity contribution in [3.8, 4) is 28.0 Å². The fraction of sp³-hybridized carbons (Fsp3) is 0.200. The highest BCUT2D eigenvalue weighted by Gasteiger charge is 2.23. The fourth-order valence-electron chi connectivity index (χ4n) is 3.97. The lowest BCUT2D eigenvalue weighted by molar-refractivity contribution is 0.0211. The van der Waals surface area contributed by atoms with Gasteiger partial charge in [0.05, 0.1) is 37.2 Å². The van der Waals surface area contributed by atoms with E-state index in [0.717, 1.165) is 59.3 Å². The molecular formula is C30H27N3O3. The lowest BCUT2D eigenvalue weighted by atomic mass is 10.0. The fourth-order valence-corrected chi connectivity index (χ4v) is 3.97. The largest absolute Gasteiger partial charge is 0.491 e. The molecule has 0 spiro atoms. The molecule has 0 bridgehead atoms. The molecular weight excluding hydrogens is 450 g/mol. The van der Waals surface area contributed by atoms with Gasteiger partial charge in [0, 0.05) is 5.69 Å². The van der Waals surface area contributed by atoms with Gasteiger partial charge in [0.2, 0.25) is 0 Å². The summed E-state index contributed by atoms with van der Waals surface area (Å²) in [5, 5.41) is 12.3. The molecule has 0 aliphatic carbocycles. The first-order valence-corrected chi connectivity index (χ1v) is 12.2. The average molecular weight is 478 g/mol. The van der Waals surface area contributed by atoms with Crippen LogP contribution in [0, 0.1) is 0 Å². The zero-order valence-electron chi connectivity index (χ0n) is 19.8. The van der Waals surface area contributed by atoms with E-state index in [4.69, 9.17) is 14.2 Å². The quantitative estimate of drug-likeness (QED) is 0.208. The lowest BCUT2D eigenvalue weighted by Gasteiger charge is -2.27. The molecule has 1 unspecified atom stereocenters. The molecule has 1 atom stereocenters. The van der Waals surface area contributed by atoms with Gasteiger partial charge in [-0.1, -0.05) is 48.5 Å². The molecule has 2 aliphatic rings. The molecule has 180 valence electrons. The van der Waals surface area contributed by atoms with Crippen molar-refractivity contribution in [2.75, 3.05) is 31.7 Å². The van der Waals surface area contributed by atoms with Crippen LogP contribution in [0.2, 0.25) is 0 Å². The molecule has 0 saturated carbocycles. The number of nitrogens with zero attached hydrogens (tertiary/aromatic N) is 2. The summed E-state index contributed by atoms with van der Waals surface area (Å²) in [6.45, 7) is 2.98. The van der Waals surface area contributed by atoms with Crippen molar-refractivity contribution in [1.29, 1.82) is 0 Å². The second kappa shape index (κ2) is 10.3. The molecule has 4 aromatic carbocycles. The van der Waals surface area contributed by atoms with Crippen LogP contribution in [-0.4, -0.2) is 38.6 Å². The van der Waals surface area contributed by atoms with Gasteiger partial charge in [-0.15, -0.1) is 0 Å². The van der Waals surface area contributed by atoms with Gasteiger partial charge in [0.1, 0.15) is 18.5 Å². The van der Waals surface area contributed by atoms with E-state index in [1.165, 1.54) is 5.56 Å². The van der Waals surface area contributed by atoms with E-state index in [2.05, 4.69) is 76.2 Å². The van der Waals surface area contributed by atoms with Gasteiger partial charge in [0.15, 0.2) is 0 Å². The van der Waals surface area contributed by atoms with Crippen LogP contribution in [0.4, 0.5) is 17.1 Å². The van der Waals surface area contributed by atoms with Crippen LogP contribution < -0.4 is 10.1 Å². The molecule has 2 heterocycles. The first-order chi connectivity index (χ1) is 17.8. The number of azo groups is 1. The highest BCUT2D eigenvalue weighted by atomic mass is 16.6. The van der Waals surface area contributed by atoms with Crippen LogP contribution in [0.3, 0.4) is 0 Å². The first kappa shape index (κ1) is 22.5. The van der Waals surface area contributed by atoms with Crippen molar-refractivity contribution in [3.05, 3.63) is 97.1 Å². The van der Waals surface area contributed by atoms with Gasteiger partial charge in [0.25, 0.3) is 0 Å². The predicted octanol–water partition coefficient (Wildman–Crippen LogP) is 7.02. The summed E-state index contributed by atoms with van der Waals surface area (Å²) in [6, 6.07) is 33.2. The highest BCUT2D eigenvalue weighted by molar-refractivity contribution is 5.68. The van der Waals surface area contributed by atoms with Crippen molar-refractivity contribution < 1.29 is 14.2 Å². The van der Waals surface area contributed by atoms with E-state index in [-0.39, 0.29) is 6.10 Å². The lowest BCUT2D eigenvalue weighted by Crippen LogP contribution is -2.40. The van der Waals surface area contributed by atoms with Crippen molar-refractivity contribution in [1.82, 2.24) is 0 Å². The number of epoxide rings is 1. The summed E-state index contributed by atoms with van der Waals surface area (Å²) in [5.41, 5.74) is 7.32. The number of nitrogens with one attached hydrogen (secondary N) is 1. The van der Waals surface area contributed by atoms with E-state index in [0.29, 0.717) is 12.6 Å². The average Bonchev–Trinajstić information content (AvgIpc) is 3.75. The molecule has 36 heavy (non-hydrogen) atoms. The number of hydrogen-bond acceptors (Lipinski definition) is 6. The van der Waals surface area contributed by atoms with Crippen molar-refractivity contribution in [2.24, 2.45) is 10.2 Å². The number of anilines is 1. The van der Waals surface area contributed by atoms with Crippen LogP contribution in [0.1, 0.15) is 0 Å². The maximum atomic E-state index is 5.71. The van der Waals surface area contributed by atoms with Gasteiger partial charge in [-0.3, -0.25) is 0 Å². The molecule has 2 fully saturated rings. The maximum absolute atomic E-state index is 5.71. The summed E-state index contributed by atoms with van der Waals surface area (Å²) in [6.07, 6.45) is 0.261. The number of ether oxygens (including phenoxy) is 3. The number of benzene rings is 4. The first-order valence-electron chi connectivity index (χ1n) is 12.2. The van der Waals surface area contributed by atoms with Crippen LogP contribution in [0.15, 0.2) is 107 Å². The molecule has 4 aromatic rings. The summed E-state index contributed by atoms with van der Waals surface area (Å²) >= 11 is 0. The summed E-state index contributed by atoms with van der Waals surface area (Å²) in [5.74, 6) is 0.860. The molecule has 2 saturated heterocycles. The van der Waals surface area contributed by atoms with Crippen LogP contribution in [-0.2, 0) is 9.47 Å². The molecule has 1 N–H and O–H groups in total. The van der Waals surface area contributed by atoms with Gasteiger partial charge in [-0.05, 0) is 70.8 Å². The highest BCUT2D eigenvalue weighted by Crippen LogP contribution is 2.28. The van der Waals surface area contributed by atoms with Gasteiger partial charge in [-0.25, -0.2) is 0 Å². The Balaban J connectivity index is 1.05. The zero-order valence-corrected chi connectivity index (χ0v) is 19.8. The molecule has 6 rings (SSSR count). The van der Waals surface area contributed by atoms with E-state index < -0.39 is 0 Å². The minimum absolute atomic E-state index is 0.261. The molecule has 6 nitrogen and oxygen atoms in total. The number of hydrogen-bond donors (Lipinski definition) is 1. The summed E-state index contributed by atoms with van der Waals surface area (Å²) in [4.78, 5) is 0. The SMILES string of the molecule is c1cc(-c2ccc(NC3COC3)cc2)ccc1N=Nc1ccc(-c2ccc(OCC3CO3)cc2)cc1. The summed E-state index contributed by atoms with van der Waals surface area (Å²) < 4.78 is 16.1. The third-order valence-corrected chi connectivity index (χ3v) is 6.27. The van der Waals surface area contributed by atoms with Crippen molar-refractivity contribution >= 4 is 17.1 Å². The monoisotopic (exact) mass is 477 g/mol.